The van der Waals surface area contributed by atoms with Gasteiger partial charge in [-0.15, -0.1) is 0 Å². The number of phenolic OH excluding ortho intramolecular Hbond substituents is 1. The van der Waals surface area contributed by atoms with Crippen LogP contribution in [-0.4, -0.2) is 40.8 Å². The number of amides is 1. The number of hydrogen-bond donors (Lipinski definition) is 2. The van der Waals surface area contributed by atoms with Crippen LogP contribution in [0.2, 0.25) is 0 Å². The molecule has 1 amide bonds. The van der Waals surface area contributed by atoms with E-state index >= 15 is 0 Å². The highest BCUT2D eigenvalue weighted by Crippen LogP contribution is 2.20. The summed E-state index contributed by atoms with van der Waals surface area (Å²) >= 11 is 0. The Balaban J connectivity index is 1.90. The van der Waals surface area contributed by atoms with Gasteiger partial charge in [0.15, 0.2) is 0 Å². The first-order valence-electron chi connectivity index (χ1n) is 8.43. The molecule has 1 atom stereocenters. The predicted molar refractivity (Wildman–Crippen MR) is 90.4 cm³/mol. The lowest BCUT2D eigenvalue weighted by atomic mass is 10.0. The van der Waals surface area contributed by atoms with Crippen molar-refractivity contribution in [2.24, 2.45) is 0 Å². The van der Waals surface area contributed by atoms with Crippen molar-refractivity contribution in [2.75, 3.05) is 13.1 Å². The minimum absolute atomic E-state index is 0.0655. The minimum atomic E-state index is -0.508. The standard InChI is InChI=1S/C18H27FN2O3/c1-18(2,3)24-17(23)21-7-5-4-6-15(21)12-20-11-13-8-14(19)10-16(22)9-13/h8-10,15,20,22H,4-7,11-12H2,1-3H3. The number of hydrogen-bond acceptors (Lipinski definition) is 4. The molecule has 1 unspecified atom stereocenters. The highest BCUT2D eigenvalue weighted by Gasteiger charge is 2.30. The van der Waals surface area contributed by atoms with Gasteiger partial charge in [-0.3, -0.25) is 0 Å². The Hall–Kier alpha value is -1.82. The number of carbonyl (C=O) groups is 1. The zero-order valence-electron chi connectivity index (χ0n) is 14.6. The quantitative estimate of drug-likeness (QED) is 0.883. The summed E-state index contributed by atoms with van der Waals surface area (Å²) in [5, 5.41) is 12.7. The first-order chi connectivity index (χ1) is 11.2. The molecule has 6 heteroatoms. The van der Waals surface area contributed by atoms with Crippen LogP contribution in [0.15, 0.2) is 18.2 Å². The molecule has 1 heterocycles. The van der Waals surface area contributed by atoms with Gasteiger partial charge in [-0.1, -0.05) is 0 Å². The number of halogens is 1. The van der Waals surface area contributed by atoms with Crippen molar-refractivity contribution in [3.05, 3.63) is 29.6 Å². The van der Waals surface area contributed by atoms with Crippen molar-refractivity contribution in [1.82, 2.24) is 10.2 Å². The molecule has 0 spiro atoms. The number of ether oxygens (including phenoxy) is 1. The summed E-state index contributed by atoms with van der Waals surface area (Å²) < 4.78 is 18.8. The third-order valence-corrected chi connectivity index (χ3v) is 3.91. The number of likely N-dealkylation sites (tertiary alicyclic amines) is 1. The first kappa shape index (κ1) is 18.5. The van der Waals surface area contributed by atoms with Gasteiger partial charge >= 0.3 is 6.09 Å². The smallest absolute Gasteiger partial charge is 0.410 e. The van der Waals surface area contributed by atoms with Crippen LogP contribution in [0, 0.1) is 5.82 Å². The van der Waals surface area contributed by atoms with Crippen LogP contribution < -0.4 is 5.32 Å². The van der Waals surface area contributed by atoms with E-state index in [1.807, 2.05) is 20.8 Å². The fraction of sp³-hybridized carbons (Fsp3) is 0.611. The third kappa shape index (κ3) is 5.67. The van der Waals surface area contributed by atoms with Crippen LogP contribution in [0.3, 0.4) is 0 Å². The second-order valence-electron chi connectivity index (χ2n) is 7.27. The molecule has 0 bridgehead atoms. The zero-order valence-corrected chi connectivity index (χ0v) is 14.6. The predicted octanol–water partition coefficient (Wildman–Crippen LogP) is 3.41. The minimum Gasteiger partial charge on any atom is -0.508 e. The van der Waals surface area contributed by atoms with E-state index in [-0.39, 0.29) is 17.9 Å². The molecule has 1 aromatic rings. The molecule has 2 N–H and O–H groups in total. The number of piperidine rings is 1. The van der Waals surface area contributed by atoms with Gasteiger partial charge in [0.2, 0.25) is 0 Å². The summed E-state index contributed by atoms with van der Waals surface area (Å²) in [6.07, 6.45) is 2.69. The monoisotopic (exact) mass is 338 g/mol. The lowest BCUT2D eigenvalue weighted by molar-refractivity contribution is 0.00993. The molecule has 1 fully saturated rings. The SMILES string of the molecule is CC(C)(C)OC(=O)N1CCCCC1CNCc1cc(O)cc(F)c1. The largest absolute Gasteiger partial charge is 0.508 e. The molecule has 0 saturated carbocycles. The lowest BCUT2D eigenvalue weighted by Crippen LogP contribution is -2.50. The Morgan fingerprint density at radius 3 is 2.79 bits per heavy atom. The molecule has 134 valence electrons. The van der Waals surface area contributed by atoms with Crippen molar-refractivity contribution in [3.63, 3.8) is 0 Å². The van der Waals surface area contributed by atoms with E-state index in [1.54, 1.807) is 4.90 Å². The maximum Gasteiger partial charge on any atom is 0.410 e. The van der Waals surface area contributed by atoms with Crippen LogP contribution in [-0.2, 0) is 11.3 Å². The van der Waals surface area contributed by atoms with Gasteiger partial charge in [-0.2, -0.15) is 0 Å². The van der Waals surface area contributed by atoms with Crippen molar-refractivity contribution in [1.29, 1.82) is 0 Å². The van der Waals surface area contributed by atoms with Gasteiger partial charge in [0.25, 0.3) is 0 Å². The van der Waals surface area contributed by atoms with Crippen molar-refractivity contribution in [2.45, 2.75) is 58.2 Å². The zero-order chi connectivity index (χ0) is 17.7. The molecular weight excluding hydrogens is 311 g/mol. The van der Waals surface area contributed by atoms with Crippen LogP contribution in [0.4, 0.5) is 9.18 Å². The number of benzene rings is 1. The molecule has 5 nitrogen and oxygen atoms in total. The molecule has 24 heavy (non-hydrogen) atoms. The van der Waals surface area contributed by atoms with Gasteiger partial charge in [0, 0.05) is 31.7 Å². The number of nitrogens with one attached hydrogen (secondary N) is 1. The number of nitrogens with zero attached hydrogens (tertiary/aromatic N) is 1. The fourth-order valence-corrected chi connectivity index (χ4v) is 2.89. The first-order valence-corrected chi connectivity index (χ1v) is 8.43. The van der Waals surface area contributed by atoms with Crippen molar-refractivity contribution >= 4 is 6.09 Å². The molecular formula is C18H27FN2O3. The van der Waals surface area contributed by atoms with E-state index in [0.29, 0.717) is 25.2 Å². The number of aromatic hydroxyl groups is 1. The molecule has 0 aromatic heterocycles. The second kappa shape index (κ2) is 7.83. The van der Waals surface area contributed by atoms with Gasteiger partial charge in [0.05, 0.1) is 0 Å². The maximum atomic E-state index is 13.3. The number of rotatable bonds is 4. The summed E-state index contributed by atoms with van der Waals surface area (Å²) in [5.41, 5.74) is 0.165. The fourth-order valence-electron chi connectivity index (χ4n) is 2.89. The third-order valence-electron chi connectivity index (χ3n) is 3.91. The van der Waals surface area contributed by atoms with Gasteiger partial charge in [-0.05, 0) is 57.7 Å². The summed E-state index contributed by atoms with van der Waals surface area (Å²) in [5.74, 6) is -0.542. The average molecular weight is 338 g/mol. The van der Waals surface area contributed by atoms with Crippen molar-refractivity contribution < 1.29 is 19.0 Å². The molecule has 1 aliphatic heterocycles. The summed E-state index contributed by atoms with van der Waals surface area (Å²) in [4.78, 5) is 14.1. The molecule has 1 saturated heterocycles. The summed E-state index contributed by atoms with van der Waals surface area (Å²) in [6, 6.07) is 4.06. The highest BCUT2D eigenvalue weighted by atomic mass is 19.1. The molecule has 1 aliphatic rings. The van der Waals surface area contributed by atoms with Crippen LogP contribution in [0.1, 0.15) is 45.6 Å². The Morgan fingerprint density at radius 2 is 2.12 bits per heavy atom. The number of carbonyl (C=O) groups excluding carboxylic acids is 1. The van der Waals surface area contributed by atoms with Gasteiger partial charge in [-0.25, -0.2) is 9.18 Å². The lowest BCUT2D eigenvalue weighted by Gasteiger charge is -2.37. The van der Waals surface area contributed by atoms with Crippen LogP contribution in [0.5, 0.6) is 5.75 Å². The second-order valence-corrected chi connectivity index (χ2v) is 7.27. The molecule has 2 rings (SSSR count). The number of phenols is 1. The van der Waals surface area contributed by atoms with E-state index in [9.17, 15) is 14.3 Å². The van der Waals surface area contributed by atoms with E-state index in [2.05, 4.69) is 5.32 Å². The molecule has 0 radical (unpaired) electrons. The Kier molecular flexibility index (Phi) is 6.04. The summed E-state index contributed by atoms with van der Waals surface area (Å²) in [7, 11) is 0. The summed E-state index contributed by atoms with van der Waals surface area (Å²) in [6.45, 7) is 7.32. The van der Waals surface area contributed by atoms with E-state index in [0.717, 1.165) is 25.3 Å². The Bertz CT molecular complexity index is 552. The van der Waals surface area contributed by atoms with Gasteiger partial charge < -0.3 is 20.1 Å². The van der Waals surface area contributed by atoms with E-state index in [1.165, 1.54) is 12.1 Å². The van der Waals surface area contributed by atoms with Gasteiger partial charge in [0.1, 0.15) is 17.2 Å². The normalized spacial score (nSPS) is 18.5. The highest BCUT2D eigenvalue weighted by molar-refractivity contribution is 5.68. The van der Waals surface area contributed by atoms with E-state index < -0.39 is 11.4 Å². The van der Waals surface area contributed by atoms with Crippen LogP contribution >= 0.6 is 0 Å². The topological polar surface area (TPSA) is 61.8 Å². The maximum absolute atomic E-state index is 13.3. The molecule has 1 aromatic carbocycles. The Morgan fingerprint density at radius 1 is 1.38 bits per heavy atom. The average Bonchev–Trinajstić information content (AvgIpc) is 2.45. The Labute approximate surface area is 142 Å². The van der Waals surface area contributed by atoms with E-state index in [4.69, 9.17) is 4.74 Å². The van der Waals surface area contributed by atoms with Crippen molar-refractivity contribution in [3.8, 4) is 5.75 Å². The van der Waals surface area contributed by atoms with Crippen LogP contribution in [0.25, 0.3) is 0 Å². The molecule has 0 aliphatic carbocycles.